The van der Waals surface area contributed by atoms with Gasteiger partial charge in [-0.05, 0) is 34.1 Å². The third-order valence-electron chi connectivity index (χ3n) is 2.31. The van der Waals surface area contributed by atoms with E-state index in [1.807, 2.05) is 6.07 Å². The Bertz CT molecular complexity index is 614. The van der Waals surface area contributed by atoms with Crippen LogP contribution < -0.4 is 5.32 Å². The quantitative estimate of drug-likeness (QED) is 0.523. The average molecular weight is 427 g/mol. The van der Waals surface area contributed by atoms with Crippen molar-refractivity contribution in [2.75, 3.05) is 5.32 Å². The Kier molecular flexibility index (Phi) is 4.83. The number of nitrogens with zero attached hydrogens (tertiary/aromatic N) is 1. The standard InChI is InChI=1S/C11H7Br2ClN2O2S/c12-6-1-2-9(10(3-6)16(17)18)15-5-7-4-8(13)11(14)19-7/h1-4,15H,5H2. The van der Waals surface area contributed by atoms with Crippen molar-refractivity contribution in [1.82, 2.24) is 0 Å². The zero-order valence-electron chi connectivity index (χ0n) is 9.32. The van der Waals surface area contributed by atoms with Gasteiger partial charge in [0.05, 0.1) is 4.92 Å². The topological polar surface area (TPSA) is 55.2 Å². The molecule has 0 aliphatic carbocycles. The van der Waals surface area contributed by atoms with E-state index in [0.29, 0.717) is 21.0 Å². The maximum Gasteiger partial charge on any atom is 0.293 e. The highest BCUT2D eigenvalue weighted by atomic mass is 79.9. The maximum atomic E-state index is 11.0. The molecule has 0 radical (unpaired) electrons. The fourth-order valence-electron chi connectivity index (χ4n) is 1.47. The van der Waals surface area contributed by atoms with Gasteiger partial charge in [0.15, 0.2) is 0 Å². The molecular formula is C11H7Br2ClN2O2S. The molecule has 0 unspecified atom stereocenters. The molecule has 1 aromatic carbocycles. The molecule has 0 fully saturated rings. The van der Waals surface area contributed by atoms with Crippen LogP contribution in [0.1, 0.15) is 4.88 Å². The number of nitro benzene ring substituents is 1. The second-order valence-corrected chi connectivity index (χ2v) is 7.12. The highest BCUT2D eigenvalue weighted by Crippen LogP contribution is 2.33. The van der Waals surface area contributed by atoms with Gasteiger partial charge in [0.25, 0.3) is 5.69 Å². The third-order valence-corrected chi connectivity index (χ3v) is 5.27. The van der Waals surface area contributed by atoms with Gasteiger partial charge in [0.2, 0.25) is 0 Å². The molecule has 0 amide bonds. The van der Waals surface area contributed by atoms with E-state index >= 15 is 0 Å². The van der Waals surface area contributed by atoms with Crippen molar-refractivity contribution in [3.8, 4) is 0 Å². The van der Waals surface area contributed by atoms with Gasteiger partial charge >= 0.3 is 0 Å². The smallest absolute Gasteiger partial charge is 0.293 e. The molecule has 4 nitrogen and oxygen atoms in total. The molecule has 0 saturated carbocycles. The van der Waals surface area contributed by atoms with Crippen molar-refractivity contribution in [3.63, 3.8) is 0 Å². The molecule has 1 heterocycles. The Balaban J connectivity index is 2.17. The van der Waals surface area contributed by atoms with Crippen molar-refractivity contribution in [3.05, 3.63) is 52.5 Å². The van der Waals surface area contributed by atoms with Gasteiger partial charge in [-0.1, -0.05) is 27.5 Å². The minimum absolute atomic E-state index is 0.0380. The van der Waals surface area contributed by atoms with Gasteiger partial charge in [0.1, 0.15) is 10.0 Å². The van der Waals surface area contributed by atoms with Crippen molar-refractivity contribution in [2.45, 2.75) is 6.54 Å². The lowest BCUT2D eigenvalue weighted by Gasteiger charge is -2.05. The van der Waals surface area contributed by atoms with Crippen molar-refractivity contribution >= 4 is 66.2 Å². The van der Waals surface area contributed by atoms with Crippen LogP contribution in [0.4, 0.5) is 11.4 Å². The summed E-state index contributed by atoms with van der Waals surface area (Å²) in [6, 6.07) is 6.80. The lowest BCUT2D eigenvalue weighted by atomic mass is 10.2. The van der Waals surface area contributed by atoms with E-state index in [1.54, 1.807) is 12.1 Å². The number of anilines is 1. The molecule has 1 aromatic heterocycles. The molecule has 100 valence electrons. The maximum absolute atomic E-state index is 11.0. The largest absolute Gasteiger partial charge is 0.375 e. The molecule has 1 N–H and O–H groups in total. The first kappa shape index (κ1) is 14.8. The second kappa shape index (κ2) is 6.21. The lowest BCUT2D eigenvalue weighted by molar-refractivity contribution is -0.384. The van der Waals surface area contributed by atoms with Crippen LogP contribution in [-0.2, 0) is 6.54 Å². The molecule has 19 heavy (non-hydrogen) atoms. The highest BCUT2D eigenvalue weighted by Gasteiger charge is 2.14. The van der Waals surface area contributed by atoms with Crippen LogP contribution in [0.2, 0.25) is 4.34 Å². The molecule has 2 aromatic rings. The Labute approximate surface area is 135 Å². The van der Waals surface area contributed by atoms with Gasteiger partial charge in [-0.2, -0.15) is 0 Å². The molecule has 0 aliphatic rings. The van der Waals surface area contributed by atoms with Gasteiger partial charge in [-0.15, -0.1) is 11.3 Å². The van der Waals surface area contributed by atoms with E-state index in [-0.39, 0.29) is 5.69 Å². The summed E-state index contributed by atoms with van der Waals surface area (Å²) in [5.41, 5.74) is 0.518. The lowest BCUT2D eigenvalue weighted by Crippen LogP contribution is -2.01. The summed E-state index contributed by atoms with van der Waals surface area (Å²) in [6.45, 7) is 0.485. The minimum atomic E-state index is -0.412. The summed E-state index contributed by atoms with van der Waals surface area (Å²) in [4.78, 5) is 11.5. The number of halogens is 3. The van der Waals surface area contributed by atoms with E-state index in [4.69, 9.17) is 11.6 Å². The summed E-state index contributed by atoms with van der Waals surface area (Å²) in [7, 11) is 0. The summed E-state index contributed by atoms with van der Waals surface area (Å²) in [5.74, 6) is 0. The normalized spacial score (nSPS) is 10.5. The van der Waals surface area contributed by atoms with Crippen molar-refractivity contribution in [1.29, 1.82) is 0 Å². The van der Waals surface area contributed by atoms with Gasteiger partial charge in [-0.25, -0.2) is 0 Å². The molecule has 8 heteroatoms. The molecular weight excluding hydrogens is 419 g/mol. The molecule has 0 spiro atoms. The average Bonchev–Trinajstić information content (AvgIpc) is 2.67. The molecule has 2 rings (SSSR count). The van der Waals surface area contributed by atoms with Crippen LogP contribution >= 0.6 is 54.8 Å². The first-order valence-electron chi connectivity index (χ1n) is 5.09. The summed E-state index contributed by atoms with van der Waals surface area (Å²) < 4.78 is 2.18. The van der Waals surface area contributed by atoms with Crippen LogP contribution in [0, 0.1) is 10.1 Å². The van der Waals surface area contributed by atoms with E-state index in [2.05, 4.69) is 37.2 Å². The molecule has 0 saturated heterocycles. The minimum Gasteiger partial charge on any atom is -0.375 e. The number of rotatable bonds is 4. The van der Waals surface area contributed by atoms with E-state index in [0.717, 1.165) is 9.35 Å². The first-order chi connectivity index (χ1) is 8.97. The molecule has 0 aliphatic heterocycles. The number of nitro groups is 1. The predicted octanol–water partition coefficient (Wildman–Crippen LogP) is 5.45. The monoisotopic (exact) mass is 424 g/mol. The van der Waals surface area contributed by atoms with E-state index < -0.39 is 4.92 Å². The number of hydrogen-bond acceptors (Lipinski definition) is 4. The van der Waals surface area contributed by atoms with Crippen LogP contribution in [0.3, 0.4) is 0 Å². The number of nitrogens with one attached hydrogen (secondary N) is 1. The Morgan fingerprint density at radius 3 is 2.68 bits per heavy atom. The fourth-order valence-corrected chi connectivity index (χ4v) is 3.55. The number of hydrogen-bond donors (Lipinski definition) is 1. The summed E-state index contributed by atoms with van der Waals surface area (Å²) >= 11 is 13.9. The first-order valence-corrected chi connectivity index (χ1v) is 7.87. The van der Waals surface area contributed by atoms with Crippen LogP contribution in [-0.4, -0.2) is 4.92 Å². The SMILES string of the molecule is O=[N+]([O-])c1cc(Br)ccc1NCc1cc(Br)c(Cl)s1. The zero-order valence-corrected chi connectivity index (χ0v) is 14.1. The summed E-state index contributed by atoms with van der Waals surface area (Å²) in [6.07, 6.45) is 0. The van der Waals surface area contributed by atoms with E-state index in [9.17, 15) is 10.1 Å². The Hall–Kier alpha value is -0.630. The molecule has 0 atom stereocenters. The summed E-state index contributed by atoms with van der Waals surface area (Å²) in [5, 5.41) is 14.0. The van der Waals surface area contributed by atoms with Crippen molar-refractivity contribution in [2.24, 2.45) is 0 Å². The third kappa shape index (κ3) is 3.68. The Morgan fingerprint density at radius 2 is 2.11 bits per heavy atom. The number of thiophene rings is 1. The highest BCUT2D eigenvalue weighted by molar-refractivity contribution is 9.10. The van der Waals surface area contributed by atoms with Crippen LogP contribution in [0.5, 0.6) is 0 Å². The molecule has 0 bridgehead atoms. The Morgan fingerprint density at radius 1 is 1.37 bits per heavy atom. The fraction of sp³-hybridized carbons (Fsp3) is 0.0909. The van der Waals surface area contributed by atoms with Gasteiger partial charge in [0, 0.05) is 26.4 Å². The zero-order chi connectivity index (χ0) is 14.0. The van der Waals surface area contributed by atoms with Crippen LogP contribution in [0.25, 0.3) is 0 Å². The number of benzene rings is 1. The predicted molar refractivity (Wildman–Crippen MR) is 85.2 cm³/mol. The van der Waals surface area contributed by atoms with Gasteiger partial charge in [-0.3, -0.25) is 10.1 Å². The second-order valence-electron chi connectivity index (χ2n) is 3.61. The van der Waals surface area contributed by atoms with Crippen LogP contribution in [0.15, 0.2) is 33.2 Å². The van der Waals surface area contributed by atoms with Crippen molar-refractivity contribution < 1.29 is 4.92 Å². The van der Waals surface area contributed by atoms with Gasteiger partial charge < -0.3 is 5.32 Å². The van der Waals surface area contributed by atoms with E-state index in [1.165, 1.54) is 17.4 Å².